The van der Waals surface area contributed by atoms with E-state index < -0.39 is 0 Å². The average Bonchev–Trinajstić information content (AvgIpc) is 3.16. The lowest BCUT2D eigenvalue weighted by molar-refractivity contribution is -0.138. The van der Waals surface area contributed by atoms with E-state index in [1.165, 1.54) is 12.1 Å². The number of fused-ring (bicyclic) bond motifs is 1. The molecule has 1 unspecified atom stereocenters. The summed E-state index contributed by atoms with van der Waals surface area (Å²) in [5.74, 6) is 1.36. The van der Waals surface area contributed by atoms with Gasteiger partial charge in [-0.05, 0) is 37.1 Å². The van der Waals surface area contributed by atoms with Gasteiger partial charge in [0.15, 0.2) is 0 Å². The van der Waals surface area contributed by atoms with Gasteiger partial charge in [-0.3, -0.25) is 9.59 Å². The number of piperazine rings is 1. The molecular weight excluding hydrogens is 356 g/mol. The summed E-state index contributed by atoms with van der Waals surface area (Å²) in [4.78, 5) is 33.9. The van der Waals surface area contributed by atoms with Crippen molar-refractivity contribution < 1.29 is 14.7 Å². The van der Waals surface area contributed by atoms with Crippen LogP contribution < -0.4 is 0 Å². The number of rotatable bonds is 3. The highest BCUT2D eigenvalue weighted by atomic mass is 16.3. The highest BCUT2D eigenvalue weighted by Gasteiger charge is 2.32. The van der Waals surface area contributed by atoms with Crippen molar-refractivity contribution in [3.63, 3.8) is 0 Å². The Labute approximate surface area is 164 Å². The van der Waals surface area contributed by atoms with Crippen LogP contribution in [0, 0.1) is 5.92 Å². The van der Waals surface area contributed by atoms with Crippen molar-refractivity contribution in [1.82, 2.24) is 19.4 Å². The van der Waals surface area contributed by atoms with Gasteiger partial charge in [-0.2, -0.15) is 0 Å². The molecule has 0 saturated carbocycles. The summed E-state index contributed by atoms with van der Waals surface area (Å²) in [7, 11) is 0. The molecule has 0 aliphatic carbocycles. The first-order chi connectivity index (χ1) is 13.5. The molecule has 1 aromatic heterocycles. The molecule has 7 nitrogen and oxygen atoms in total. The SMILES string of the molecule is CCc1cn2c(n1)CCC(C(=O)N1CCN(C(=O)c3ccc(O)cc3)CC1)C2. The molecule has 0 radical (unpaired) electrons. The fraction of sp³-hybridized carbons (Fsp3) is 0.476. The number of aromatic nitrogens is 2. The van der Waals surface area contributed by atoms with Gasteiger partial charge in [0.25, 0.3) is 5.91 Å². The van der Waals surface area contributed by atoms with Gasteiger partial charge in [0.2, 0.25) is 5.91 Å². The van der Waals surface area contributed by atoms with E-state index in [1.54, 1.807) is 17.0 Å². The van der Waals surface area contributed by atoms with E-state index >= 15 is 0 Å². The fourth-order valence-corrected chi connectivity index (χ4v) is 4.05. The van der Waals surface area contributed by atoms with E-state index in [-0.39, 0.29) is 23.5 Å². The quantitative estimate of drug-likeness (QED) is 0.876. The van der Waals surface area contributed by atoms with Crippen LogP contribution in [0.1, 0.15) is 35.2 Å². The number of phenolic OH excluding ortho intramolecular Hbond substituents is 1. The molecule has 0 spiro atoms. The lowest BCUT2D eigenvalue weighted by Crippen LogP contribution is -2.52. The minimum Gasteiger partial charge on any atom is -0.508 e. The zero-order chi connectivity index (χ0) is 19.7. The van der Waals surface area contributed by atoms with Gasteiger partial charge in [0, 0.05) is 50.9 Å². The second-order valence-electron chi connectivity index (χ2n) is 7.55. The minimum atomic E-state index is -0.0556. The van der Waals surface area contributed by atoms with Gasteiger partial charge in [-0.15, -0.1) is 0 Å². The molecule has 2 amide bonds. The summed E-state index contributed by atoms with van der Waals surface area (Å²) in [5.41, 5.74) is 1.65. The molecule has 28 heavy (non-hydrogen) atoms. The third kappa shape index (κ3) is 3.61. The van der Waals surface area contributed by atoms with E-state index in [9.17, 15) is 14.7 Å². The zero-order valence-corrected chi connectivity index (χ0v) is 16.2. The first kappa shape index (κ1) is 18.5. The van der Waals surface area contributed by atoms with Crippen LogP contribution in [0.15, 0.2) is 30.5 Å². The highest BCUT2D eigenvalue weighted by molar-refractivity contribution is 5.94. The van der Waals surface area contributed by atoms with E-state index in [1.807, 2.05) is 4.90 Å². The van der Waals surface area contributed by atoms with E-state index in [4.69, 9.17) is 0 Å². The van der Waals surface area contributed by atoms with Crippen LogP contribution in [-0.4, -0.2) is 62.5 Å². The number of hydrogen-bond acceptors (Lipinski definition) is 4. The fourth-order valence-electron chi connectivity index (χ4n) is 4.05. The maximum absolute atomic E-state index is 13.0. The van der Waals surface area contributed by atoms with Crippen molar-refractivity contribution in [2.75, 3.05) is 26.2 Å². The Bertz CT molecular complexity index is 866. The Morgan fingerprint density at radius 3 is 2.46 bits per heavy atom. The van der Waals surface area contributed by atoms with Crippen molar-refractivity contribution >= 4 is 11.8 Å². The first-order valence-corrected chi connectivity index (χ1v) is 9.97. The van der Waals surface area contributed by atoms with Crippen LogP contribution in [0.5, 0.6) is 5.75 Å². The smallest absolute Gasteiger partial charge is 0.253 e. The van der Waals surface area contributed by atoms with E-state index in [0.29, 0.717) is 38.3 Å². The standard InChI is InChI=1S/C21H26N4O3/c1-2-17-14-25-13-16(5-8-19(25)22-17)21(28)24-11-9-23(10-12-24)20(27)15-3-6-18(26)7-4-15/h3-4,6-7,14,16,26H,2,5,8-13H2,1H3. The van der Waals surface area contributed by atoms with E-state index in [2.05, 4.69) is 22.7 Å². The summed E-state index contributed by atoms with van der Waals surface area (Å²) in [5, 5.41) is 9.37. The van der Waals surface area contributed by atoms with Gasteiger partial charge >= 0.3 is 0 Å². The maximum atomic E-state index is 13.0. The number of nitrogens with zero attached hydrogens (tertiary/aromatic N) is 4. The van der Waals surface area contributed by atoms with Gasteiger partial charge < -0.3 is 19.5 Å². The number of aromatic hydroxyl groups is 1. The number of carbonyl (C=O) groups excluding carboxylic acids is 2. The summed E-state index contributed by atoms with van der Waals surface area (Å²) in [6.07, 6.45) is 4.67. The Kier molecular flexibility index (Phi) is 5.07. The molecule has 3 heterocycles. The number of aryl methyl sites for hydroxylation is 2. The topological polar surface area (TPSA) is 78.7 Å². The minimum absolute atomic E-state index is 0.00856. The number of amides is 2. The molecular formula is C21H26N4O3. The van der Waals surface area contributed by atoms with Gasteiger partial charge in [-0.25, -0.2) is 4.98 Å². The van der Waals surface area contributed by atoms with Crippen LogP contribution in [0.3, 0.4) is 0 Å². The maximum Gasteiger partial charge on any atom is 0.253 e. The van der Waals surface area contributed by atoms with Crippen LogP contribution >= 0.6 is 0 Å². The van der Waals surface area contributed by atoms with E-state index in [0.717, 1.165) is 30.8 Å². The zero-order valence-electron chi connectivity index (χ0n) is 16.2. The van der Waals surface area contributed by atoms with Gasteiger partial charge in [0.05, 0.1) is 11.6 Å². The number of carbonyl (C=O) groups is 2. The largest absolute Gasteiger partial charge is 0.508 e. The molecule has 1 saturated heterocycles. The molecule has 1 aromatic carbocycles. The number of phenols is 1. The summed E-state index contributed by atoms with van der Waals surface area (Å²) < 4.78 is 2.13. The lowest BCUT2D eigenvalue weighted by atomic mass is 9.97. The predicted octanol–water partition coefficient (Wildman–Crippen LogP) is 1.70. The second-order valence-corrected chi connectivity index (χ2v) is 7.55. The van der Waals surface area contributed by atoms with Gasteiger partial charge in [0.1, 0.15) is 11.6 Å². The third-order valence-corrected chi connectivity index (χ3v) is 5.75. The molecule has 148 valence electrons. The Morgan fingerprint density at radius 2 is 1.79 bits per heavy atom. The number of imidazole rings is 1. The van der Waals surface area contributed by atoms with Crippen molar-refractivity contribution in [3.05, 3.63) is 47.5 Å². The van der Waals surface area contributed by atoms with Crippen molar-refractivity contribution in [2.45, 2.75) is 32.7 Å². The van der Waals surface area contributed by atoms with Crippen LogP contribution in [0.25, 0.3) is 0 Å². The highest BCUT2D eigenvalue weighted by Crippen LogP contribution is 2.23. The molecule has 4 rings (SSSR count). The van der Waals surface area contributed by atoms with Gasteiger partial charge in [-0.1, -0.05) is 6.92 Å². The Hall–Kier alpha value is -2.83. The second kappa shape index (κ2) is 7.66. The summed E-state index contributed by atoms with van der Waals surface area (Å²) >= 11 is 0. The molecule has 1 fully saturated rings. The van der Waals surface area contributed by atoms with Crippen LogP contribution in [-0.2, 0) is 24.2 Å². The Morgan fingerprint density at radius 1 is 1.11 bits per heavy atom. The monoisotopic (exact) mass is 382 g/mol. The number of benzene rings is 1. The van der Waals surface area contributed by atoms with Crippen LogP contribution in [0.2, 0.25) is 0 Å². The predicted molar refractivity (Wildman–Crippen MR) is 104 cm³/mol. The molecule has 2 aliphatic rings. The van der Waals surface area contributed by atoms with Crippen LogP contribution in [0.4, 0.5) is 0 Å². The molecule has 1 N–H and O–H groups in total. The number of hydrogen-bond donors (Lipinski definition) is 1. The first-order valence-electron chi connectivity index (χ1n) is 9.97. The molecule has 1 atom stereocenters. The molecule has 2 aliphatic heterocycles. The third-order valence-electron chi connectivity index (χ3n) is 5.75. The van der Waals surface area contributed by atoms with Crippen molar-refractivity contribution in [2.24, 2.45) is 5.92 Å². The molecule has 7 heteroatoms. The Balaban J connectivity index is 1.34. The lowest BCUT2D eigenvalue weighted by Gasteiger charge is -2.37. The summed E-state index contributed by atoms with van der Waals surface area (Å²) in [6, 6.07) is 6.30. The molecule has 0 bridgehead atoms. The molecule has 2 aromatic rings. The van der Waals surface area contributed by atoms with Crippen molar-refractivity contribution in [3.8, 4) is 5.75 Å². The average molecular weight is 382 g/mol. The van der Waals surface area contributed by atoms with Crippen molar-refractivity contribution in [1.29, 1.82) is 0 Å². The normalized spacial score (nSPS) is 19.4. The summed E-state index contributed by atoms with van der Waals surface area (Å²) in [6.45, 7) is 5.00.